The Bertz CT molecular complexity index is 2410. The van der Waals surface area contributed by atoms with Crippen molar-refractivity contribution in [3.05, 3.63) is 132 Å². The van der Waals surface area contributed by atoms with Gasteiger partial charge in [-0.25, -0.2) is 0 Å². The van der Waals surface area contributed by atoms with E-state index >= 15 is 0 Å². The first-order chi connectivity index (χ1) is 36.2. The molecule has 0 atom stereocenters. The third-order valence-corrected chi connectivity index (χ3v) is 17.2. The summed E-state index contributed by atoms with van der Waals surface area (Å²) < 4.78 is 2.67. The molecule has 0 saturated heterocycles. The molecule has 0 fully saturated rings. The highest BCUT2D eigenvalue weighted by molar-refractivity contribution is 6.07. The minimum Gasteiger partial charge on any atom is -0.344 e. The normalized spacial score (nSPS) is 15.9. The maximum atomic E-state index is 2.67. The summed E-state index contributed by atoms with van der Waals surface area (Å²) in [4.78, 5) is 2.67. The van der Waals surface area contributed by atoms with Gasteiger partial charge in [0.1, 0.15) is 6.54 Å². The van der Waals surface area contributed by atoms with Crippen LogP contribution in [-0.2, 0) is 10.8 Å². The van der Waals surface area contributed by atoms with E-state index in [-0.39, 0.29) is 10.8 Å². The summed E-state index contributed by atoms with van der Waals surface area (Å²) in [5.74, 6) is 0. The molecule has 2 heteroatoms. The van der Waals surface area contributed by atoms with E-state index < -0.39 is 0 Å². The van der Waals surface area contributed by atoms with Crippen molar-refractivity contribution in [2.24, 2.45) is 0 Å². The van der Waals surface area contributed by atoms with E-state index in [1.807, 2.05) is 0 Å². The van der Waals surface area contributed by atoms with Crippen molar-refractivity contribution >= 4 is 38.6 Å². The summed E-state index contributed by atoms with van der Waals surface area (Å²) in [5.41, 5.74) is 9.69. The number of allylic oxidation sites excluding steroid dienone is 8. The number of fused-ring (bicyclic) bond motifs is 6. The molecule has 2 nitrogen and oxygen atoms in total. The first-order valence-electron chi connectivity index (χ1n) is 31.4. The van der Waals surface area contributed by atoms with Gasteiger partial charge in [0.25, 0.3) is 0 Å². The van der Waals surface area contributed by atoms with Crippen LogP contribution in [0.15, 0.2) is 121 Å². The second-order valence-corrected chi connectivity index (χ2v) is 24.1. The number of unbranched alkanes of at least 4 members (excludes halogenated alkanes) is 30. The summed E-state index contributed by atoms with van der Waals surface area (Å²) in [6.45, 7) is 18.8. The molecule has 0 amide bonds. The molecule has 0 spiro atoms. The zero-order valence-corrected chi connectivity index (χ0v) is 48.8. The van der Waals surface area contributed by atoms with Crippen LogP contribution in [-0.4, -0.2) is 23.4 Å². The molecule has 404 valence electrons. The molecule has 2 aliphatic rings. The maximum absolute atomic E-state index is 2.67. The van der Waals surface area contributed by atoms with E-state index in [0.717, 1.165) is 13.1 Å². The lowest BCUT2D eigenvalue weighted by atomic mass is 9.79. The van der Waals surface area contributed by atoms with Gasteiger partial charge in [-0.3, -0.25) is 0 Å². The predicted molar refractivity (Wildman–Crippen MR) is 330 cm³/mol. The van der Waals surface area contributed by atoms with E-state index in [4.69, 9.17) is 0 Å². The molecule has 0 N–H and O–H groups in total. The minimum atomic E-state index is -0.0904. The van der Waals surface area contributed by atoms with E-state index in [9.17, 15) is 0 Å². The zero-order valence-electron chi connectivity index (χ0n) is 48.8. The maximum Gasteiger partial charge on any atom is 0.210 e. The minimum absolute atomic E-state index is 0.0904. The lowest BCUT2D eigenvalue weighted by molar-refractivity contribution is -0.438. The number of rotatable bonds is 38. The summed E-state index contributed by atoms with van der Waals surface area (Å²) in [7, 11) is 0. The van der Waals surface area contributed by atoms with Gasteiger partial charge in [0.05, 0.1) is 5.41 Å². The highest BCUT2D eigenvalue weighted by atomic mass is 15.2. The van der Waals surface area contributed by atoms with Crippen molar-refractivity contribution in [1.82, 2.24) is 0 Å². The van der Waals surface area contributed by atoms with Gasteiger partial charge in [0.15, 0.2) is 5.71 Å². The van der Waals surface area contributed by atoms with E-state index in [0.29, 0.717) is 0 Å². The molecule has 0 bridgehead atoms. The summed E-state index contributed by atoms with van der Waals surface area (Å²) in [6, 6.07) is 27.5. The van der Waals surface area contributed by atoms with Gasteiger partial charge in [-0.05, 0) is 78.9 Å². The van der Waals surface area contributed by atoms with Crippen molar-refractivity contribution < 1.29 is 4.58 Å². The molecule has 0 unspecified atom stereocenters. The smallest absolute Gasteiger partial charge is 0.210 e. The molecule has 0 radical (unpaired) electrons. The Balaban J connectivity index is 1.03. The van der Waals surface area contributed by atoms with Crippen LogP contribution in [0.4, 0.5) is 11.4 Å². The molecule has 6 rings (SSSR count). The molecule has 2 aliphatic heterocycles. The Hall–Kier alpha value is -4.17. The van der Waals surface area contributed by atoms with E-state index in [1.54, 1.807) is 0 Å². The molecular weight excluding hydrogens is 893 g/mol. The lowest BCUT2D eigenvalue weighted by Gasteiger charge is -2.27. The van der Waals surface area contributed by atoms with Gasteiger partial charge in [-0.2, -0.15) is 4.58 Å². The van der Waals surface area contributed by atoms with Crippen molar-refractivity contribution in [2.45, 2.75) is 265 Å². The van der Waals surface area contributed by atoms with Crippen LogP contribution < -0.4 is 4.90 Å². The Morgan fingerprint density at radius 3 is 1.39 bits per heavy atom. The van der Waals surface area contributed by atoms with Crippen LogP contribution in [0, 0.1) is 0 Å². The van der Waals surface area contributed by atoms with Crippen LogP contribution in [0.5, 0.6) is 0 Å². The average molecular weight is 1000 g/mol. The van der Waals surface area contributed by atoms with Crippen molar-refractivity contribution in [3.8, 4) is 0 Å². The molecule has 74 heavy (non-hydrogen) atoms. The van der Waals surface area contributed by atoms with Gasteiger partial charge < -0.3 is 4.90 Å². The third-order valence-electron chi connectivity index (χ3n) is 17.2. The van der Waals surface area contributed by atoms with E-state index in [2.05, 4.69) is 167 Å². The molecule has 0 saturated carbocycles. The van der Waals surface area contributed by atoms with Gasteiger partial charge in [-0.1, -0.05) is 298 Å². The van der Waals surface area contributed by atoms with Crippen LogP contribution in [0.3, 0.4) is 0 Å². The largest absolute Gasteiger partial charge is 0.344 e. The van der Waals surface area contributed by atoms with Crippen LogP contribution in [0.25, 0.3) is 21.5 Å². The molecule has 0 aliphatic carbocycles. The van der Waals surface area contributed by atoms with Gasteiger partial charge in [-0.15, -0.1) is 0 Å². The molecular formula is C72H107N2+. The van der Waals surface area contributed by atoms with Gasteiger partial charge in [0.2, 0.25) is 5.69 Å². The van der Waals surface area contributed by atoms with E-state index in [1.165, 1.54) is 266 Å². The standard InChI is InChI=1S/C72H107N2/c1-8-10-12-14-16-18-20-22-24-26-28-30-32-34-36-42-58-73-65-56-54-61-48-38-40-50-63(61)69(65)71(4,5)67(73)52-44-46-60(3)47-45-53-68-72(6,7)70-64-51-41-39-49-62(64)55-57-66(70)74(68)59-43-37-35-33-31-29-27-25-23-21-19-17-15-13-11-9-2/h38-41,44-57H,8-37,42-43,58-59H2,1-7H3/q+1. The Morgan fingerprint density at radius 1 is 0.459 bits per heavy atom. The fourth-order valence-electron chi connectivity index (χ4n) is 12.8. The Labute approximate surface area is 455 Å². The fourth-order valence-corrected chi connectivity index (χ4v) is 12.8. The van der Waals surface area contributed by atoms with Gasteiger partial charge >= 0.3 is 0 Å². The first kappa shape index (κ1) is 59.1. The summed E-state index contributed by atoms with van der Waals surface area (Å²) in [6.07, 6.45) is 59.0. The Kier molecular flexibility index (Phi) is 25.9. The topological polar surface area (TPSA) is 6.25 Å². The number of nitrogens with zero attached hydrogens (tertiary/aromatic N) is 2. The van der Waals surface area contributed by atoms with Crippen molar-refractivity contribution in [1.29, 1.82) is 0 Å². The van der Waals surface area contributed by atoms with Gasteiger partial charge in [0, 0.05) is 47.5 Å². The number of anilines is 1. The zero-order chi connectivity index (χ0) is 52.3. The number of hydrogen-bond acceptors (Lipinski definition) is 1. The third kappa shape index (κ3) is 17.4. The second kappa shape index (κ2) is 32.4. The highest BCUT2D eigenvalue weighted by Gasteiger charge is 2.45. The monoisotopic (exact) mass is 1000 g/mol. The quantitative estimate of drug-likeness (QED) is 0.0246. The van der Waals surface area contributed by atoms with Crippen LogP contribution >= 0.6 is 0 Å². The predicted octanol–water partition coefficient (Wildman–Crippen LogP) is 22.6. The molecule has 2 heterocycles. The lowest BCUT2D eigenvalue weighted by Crippen LogP contribution is -2.28. The second-order valence-electron chi connectivity index (χ2n) is 24.1. The molecule has 0 aromatic heterocycles. The number of hydrogen-bond donors (Lipinski definition) is 0. The molecule has 4 aromatic carbocycles. The average Bonchev–Trinajstić information content (AvgIpc) is 3.76. The summed E-state index contributed by atoms with van der Waals surface area (Å²) >= 11 is 0. The van der Waals surface area contributed by atoms with Crippen LogP contribution in [0.1, 0.15) is 265 Å². The molecule has 4 aromatic rings. The van der Waals surface area contributed by atoms with Crippen molar-refractivity contribution in [2.75, 3.05) is 18.0 Å². The SMILES string of the molecule is CCCCCCCCCCCCCCCCCCN1/C(=C/C=C/C(C)=C/C=C/C2=[N+](CCCCCCCCCCCCCCCCCC)c3ccc4ccccc4c3C2(C)C)C(C)(C)c2c1ccc1ccccc21. The number of benzene rings is 4. The van der Waals surface area contributed by atoms with Crippen LogP contribution in [0.2, 0.25) is 0 Å². The summed E-state index contributed by atoms with van der Waals surface area (Å²) in [5, 5.41) is 5.47. The Morgan fingerprint density at radius 2 is 0.892 bits per heavy atom. The highest BCUT2D eigenvalue weighted by Crippen LogP contribution is 2.51. The fraction of sp³-hybridized carbons (Fsp3) is 0.597. The van der Waals surface area contributed by atoms with Crippen molar-refractivity contribution in [3.63, 3.8) is 0 Å². The first-order valence-corrected chi connectivity index (χ1v) is 31.4.